The van der Waals surface area contributed by atoms with Gasteiger partial charge in [0.2, 0.25) is 0 Å². The van der Waals surface area contributed by atoms with Crippen LogP contribution in [-0.4, -0.2) is 24.5 Å². The second kappa shape index (κ2) is 9.43. The van der Waals surface area contributed by atoms with Crippen LogP contribution in [0.2, 0.25) is 5.02 Å². The average Bonchev–Trinajstić information content (AvgIpc) is 3.03. The van der Waals surface area contributed by atoms with E-state index in [0.29, 0.717) is 10.6 Å². The Labute approximate surface area is 200 Å². The summed E-state index contributed by atoms with van der Waals surface area (Å²) in [5, 5.41) is 0.0905. The number of nitrogens with zero attached hydrogens (tertiary/aromatic N) is 1. The number of para-hydroxylation sites is 1. The monoisotopic (exact) mass is 499 g/mol. The Hall–Kier alpha value is -3.07. The van der Waals surface area contributed by atoms with Gasteiger partial charge in [0.15, 0.2) is 0 Å². The molecule has 1 fully saturated rings. The van der Waals surface area contributed by atoms with E-state index in [9.17, 15) is 18.0 Å². The first-order chi connectivity index (χ1) is 15.7. The zero-order valence-corrected chi connectivity index (χ0v) is 19.8. The summed E-state index contributed by atoms with van der Waals surface area (Å²) < 4.78 is 30.8. The van der Waals surface area contributed by atoms with Crippen LogP contribution in [0.15, 0.2) is 82.6 Å². The first-order valence-corrected chi connectivity index (χ1v) is 12.4. The maximum atomic E-state index is 12.9. The van der Waals surface area contributed by atoms with E-state index in [1.54, 1.807) is 54.6 Å². The zero-order valence-electron chi connectivity index (χ0n) is 17.4. The molecule has 0 spiro atoms. The van der Waals surface area contributed by atoms with E-state index in [-0.39, 0.29) is 22.1 Å². The molecule has 0 N–H and O–H groups in total. The molecule has 9 heteroatoms. The molecule has 1 heterocycles. The topological polar surface area (TPSA) is 80.8 Å². The van der Waals surface area contributed by atoms with Crippen LogP contribution in [0.3, 0.4) is 0 Å². The van der Waals surface area contributed by atoms with Crippen LogP contribution in [0.25, 0.3) is 6.08 Å². The molecule has 0 unspecified atom stereocenters. The Bertz CT molecular complexity index is 1370. The third-order valence-corrected chi connectivity index (χ3v) is 7.21. The summed E-state index contributed by atoms with van der Waals surface area (Å²) in [6, 6.07) is 19.6. The Morgan fingerprint density at radius 3 is 2.45 bits per heavy atom. The predicted molar refractivity (Wildman–Crippen MR) is 128 cm³/mol. The van der Waals surface area contributed by atoms with Crippen molar-refractivity contribution in [2.45, 2.75) is 18.4 Å². The number of benzene rings is 3. The van der Waals surface area contributed by atoms with E-state index < -0.39 is 21.3 Å². The van der Waals surface area contributed by atoms with Gasteiger partial charge in [-0.15, -0.1) is 0 Å². The van der Waals surface area contributed by atoms with Gasteiger partial charge in [-0.1, -0.05) is 59.6 Å². The standard InChI is InChI=1S/C24H18ClNO5S2/c1-16-9-11-20(12-10-16)33(29,30)31-21-8-3-2-6-18(21)14-22-23(27)26(24(28)32-22)15-17-5-4-7-19(25)13-17/h2-14H,15H2,1H3/b22-14-. The first kappa shape index (κ1) is 23.1. The van der Waals surface area contributed by atoms with Crippen molar-refractivity contribution in [1.29, 1.82) is 0 Å². The maximum Gasteiger partial charge on any atom is 0.339 e. The minimum Gasteiger partial charge on any atom is -0.378 e. The Kier molecular flexibility index (Phi) is 6.60. The molecule has 2 amide bonds. The average molecular weight is 500 g/mol. The van der Waals surface area contributed by atoms with Crippen molar-refractivity contribution in [1.82, 2.24) is 4.90 Å². The highest BCUT2D eigenvalue weighted by atomic mass is 35.5. The molecular formula is C24H18ClNO5S2. The molecule has 1 aliphatic rings. The van der Waals surface area contributed by atoms with Crippen LogP contribution in [0.5, 0.6) is 5.75 Å². The molecule has 0 aromatic heterocycles. The van der Waals surface area contributed by atoms with Crippen molar-refractivity contribution in [2.24, 2.45) is 0 Å². The fraction of sp³-hybridized carbons (Fsp3) is 0.0833. The molecule has 0 radical (unpaired) electrons. The molecule has 4 rings (SSSR count). The number of halogens is 1. The van der Waals surface area contributed by atoms with Gasteiger partial charge >= 0.3 is 10.1 Å². The quantitative estimate of drug-likeness (QED) is 0.322. The van der Waals surface area contributed by atoms with Crippen molar-refractivity contribution >= 4 is 50.7 Å². The van der Waals surface area contributed by atoms with E-state index in [0.717, 1.165) is 27.8 Å². The van der Waals surface area contributed by atoms with Gasteiger partial charge in [-0.3, -0.25) is 14.5 Å². The summed E-state index contributed by atoms with van der Waals surface area (Å²) in [4.78, 5) is 26.7. The van der Waals surface area contributed by atoms with Crippen LogP contribution < -0.4 is 4.18 Å². The van der Waals surface area contributed by atoms with Crippen molar-refractivity contribution in [3.8, 4) is 5.75 Å². The van der Waals surface area contributed by atoms with Crippen LogP contribution >= 0.6 is 23.4 Å². The third-order valence-electron chi connectivity index (χ3n) is 4.82. The highest BCUT2D eigenvalue weighted by Crippen LogP contribution is 2.35. The largest absolute Gasteiger partial charge is 0.378 e. The lowest BCUT2D eigenvalue weighted by Crippen LogP contribution is -2.27. The molecule has 1 aliphatic heterocycles. The lowest BCUT2D eigenvalue weighted by atomic mass is 10.2. The molecule has 1 saturated heterocycles. The predicted octanol–water partition coefficient (Wildman–Crippen LogP) is 5.65. The Morgan fingerprint density at radius 1 is 1.00 bits per heavy atom. The summed E-state index contributed by atoms with van der Waals surface area (Å²) >= 11 is 6.78. The summed E-state index contributed by atoms with van der Waals surface area (Å²) in [6.45, 7) is 1.94. The lowest BCUT2D eigenvalue weighted by molar-refractivity contribution is -0.123. The zero-order chi connectivity index (χ0) is 23.6. The smallest absolute Gasteiger partial charge is 0.339 e. The molecular weight excluding hydrogens is 482 g/mol. The van der Waals surface area contributed by atoms with Gasteiger partial charge in [0.05, 0.1) is 11.4 Å². The number of carbonyl (C=O) groups excluding carboxylic acids is 2. The lowest BCUT2D eigenvalue weighted by Gasteiger charge is -2.12. The van der Waals surface area contributed by atoms with Gasteiger partial charge in [0.1, 0.15) is 10.6 Å². The minimum absolute atomic E-state index is 0.0183. The normalized spacial score (nSPS) is 15.3. The van der Waals surface area contributed by atoms with Crippen molar-refractivity contribution < 1.29 is 22.2 Å². The Balaban J connectivity index is 1.59. The van der Waals surface area contributed by atoms with Crippen molar-refractivity contribution in [3.05, 3.63) is 99.4 Å². The summed E-state index contributed by atoms with van der Waals surface area (Å²) in [5.74, 6) is -0.416. The molecule has 168 valence electrons. The maximum absolute atomic E-state index is 12.9. The van der Waals surface area contributed by atoms with Gasteiger partial charge < -0.3 is 4.18 Å². The van der Waals surface area contributed by atoms with Crippen LogP contribution in [0, 0.1) is 6.92 Å². The molecule has 3 aromatic carbocycles. The van der Waals surface area contributed by atoms with E-state index >= 15 is 0 Å². The van der Waals surface area contributed by atoms with Crippen molar-refractivity contribution in [3.63, 3.8) is 0 Å². The first-order valence-electron chi connectivity index (χ1n) is 9.83. The van der Waals surface area contributed by atoms with Crippen molar-refractivity contribution in [2.75, 3.05) is 0 Å². The molecule has 0 saturated carbocycles. The van der Waals surface area contributed by atoms with E-state index in [1.807, 2.05) is 6.92 Å². The number of aryl methyl sites for hydroxylation is 1. The van der Waals surface area contributed by atoms with Crippen LogP contribution in [0.4, 0.5) is 4.79 Å². The number of carbonyl (C=O) groups is 2. The summed E-state index contributed by atoms with van der Waals surface area (Å²) in [5.41, 5.74) is 2.00. The highest BCUT2D eigenvalue weighted by Gasteiger charge is 2.35. The summed E-state index contributed by atoms with van der Waals surface area (Å²) in [7, 11) is -4.08. The number of thioether (sulfide) groups is 1. The second-order valence-electron chi connectivity index (χ2n) is 7.29. The number of imide groups is 1. The third kappa shape index (κ3) is 5.30. The fourth-order valence-electron chi connectivity index (χ4n) is 3.14. The molecule has 0 atom stereocenters. The minimum atomic E-state index is -4.08. The fourth-order valence-corrected chi connectivity index (χ4v) is 5.14. The van der Waals surface area contributed by atoms with Gasteiger partial charge in [0, 0.05) is 10.6 Å². The molecule has 33 heavy (non-hydrogen) atoms. The SMILES string of the molecule is Cc1ccc(S(=O)(=O)Oc2ccccc2/C=C2\SC(=O)N(Cc3cccc(Cl)c3)C2=O)cc1. The molecule has 0 bridgehead atoms. The Morgan fingerprint density at radius 2 is 1.73 bits per heavy atom. The summed E-state index contributed by atoms with van der Waals surface area (Å²) in [6.07, 6.45) is 1.46. The van der Waals surface area contributed by atoms with Crippen LogP contribution in [-0.2, 0) is 21.5 Å². The molecule has 3 aromatic rings. The molecule has 0 aliphatic carbocycles. The van der Waals surface area contributed by atoms with Gasteiger partial charge in [-0.05, 0) is 60.7 Å². The highest BCUT2D eigenvalue weighted by molar-refractivity contribution is 8.18. The number of hydrogen-bond acceptors (Lipinski definition) is 6. The van der Waals surface area contributed by atoms with Gasteiger partial charge in [0.25, 0.3) is 11.1 Å². The second-order valence-corrected chi connectivity index (χ2v) is 10.3. The number of rotatable bonds is 6. The van der Waals surface area contributed by atoms with Crippen LogP contribution in [0.1, 0.15) is 16.7 Å². The number of hydrogen-bond donors (Lipinski definition) is 0. The van der Waals surface area contributed by atoms with Gasteiger partial charge in [-0.25, -0.2) is 0 Å². The van der Waals surface area contributed by atoms with Gasteiger partial charge in [-0.2, -0.15) is 8.42 Å². The van der Waals surface area contributed by atoms with E-state index in [2.05, 4.69) is 0 Å². The molecule has 6 nitrogen and oxygen atoms in total. The number of amides is 2. The van der Waals surface area contributed by atoms with E-state index in [1.165, 1.54) is 24.3 Å². The van der Waals surface area contributed by atoms with E-state index in [4.69, 9.17) is 15.8 Å².